The van der Waals surface area contributed by atoms with Gasteiger partial charge in [-0.3, -0.25) is 4.79 Å². The van der Waals surface area contributed by atoms with Crippen LogP contribution in [0.15, 0.2) is 35.7 Å². The number of para-hydroxylation sites is 1. The monoisotopic (exact) mass is 243 g/mol. The highest BCUT2D eigenvalue weighted by atomic mass is 32.1. The minimum absolute atomic E-state index is 0.132. The van der Waals surface area contributed by atoms with Crippen LogP contribution < -0.4 is 4.90 Å². The fraction of sp³-hybridized carbons (Fsp3) is 0.214. The van der Waals surface area contributed by atoms with Crippen molar-refractivity contribution in [1.29, 1.82) is 0 Å². The summed E-state index contributed by atoms with van der Waals surface area (Å²) in [5.41, 5.74) is 3.50. The number of fused-ring (bicyclic) bond motifs is 1. The van der Waals surface area contributed by atoms with Crippen LogP contribution in [0, 0.1) is 6.92 Å². The van der Waals surface area contributed by atoms with E-state index >= 15 is 0 Å². The van der Waals surface area contributed by atoms with Crippen LogP contribution in [0.1, 0.15) is 20.8 Å². The highest BCUT2D eigenvalue weighted by Crippen LogP contribution is 2.29. The lowest BCUT2D eigenvalue weighted by Crippen LogP contribution is -2.28. The van der Waals surface area contributed by atoms with E-state index in [2.05, 4.69) is 6.07 Å². The second-order valence-corrected chi connectivity index (χ2v) is 5.24. The summed E-state index contributed by atoms with van der Waals surface area (Å²) < 4.78 is 0. The van der Waals surface area contributed by atoms with E-state index < -0.39 is 0 Å². The predicted octanol–water partition coefficient (Wildman–Crippen LogP) is 3.26. The molecule has 0 bridgehead atoms. The predicted molar refractivity (Wildman–Crippen MR) is 70.9 cm³/mol. The lowest BCUT2D eigenvalue weighted by atomic mass is 10.2. The van der Waals surface area contributed by atoms with Crippen LogP contribution in [-0.2, 0) is 6.42 Å². The van der Waals surface area contributed by atoms with Crippen molar-refractivity contribution in [2.24, 2.45) is 0 Å². The fourth-order valence-corrected chi connectivity index (χ4v) is 3.07. The second-order valence-electron chi connectivity index (χ2n) is 4.32. The van der Waals surface area contributed by atoms with Crippen molar-refractivity contribution in [3.63, 3.8) is 0 Å². The van der Waals surface area contributed by atoms with Gasteiger partial charge >= 0.3 is 0 Å². The number of carbonyl (C=O) groups is 1. The highest BCUT2D eigenvalue weighted by Gasteiger charge is 2.25. The van der Waals surface area contributed by atoms with Gasteiger partial charge in [-0.15, -0.1) is 11.3 Å². The fourth-order valence-electron chi connectivity index (χ4n) is 2.23. The number of hydrogen-bond acceptors (Lipinski definition) is 2. The Morgan fingerprint density at radius 2 is 2.18 bits per heavy atom. The van der Waals surface area contributed by atoms with Crippen molar-refractivity contribution in [2.45, 2.75) is 13.3 Å². The molecule has 86 valence electrons. The molecule has 0 N–H and O–H groups in total. The molecule has 1 aromatic carbocycles. The molecule has 0 saturated heterocycles. The number of nitrogens with zero attached hydrogens (tertiary/aromatic N) is 1. The summed E-state index contributed by atoms with van der Waals surface area (Å²) in [6, 6.07) is 10.1. The molecule has 0 radical (unpaired) electrons. The first-order chi connectivity index (χ1) is 8.25. The zero-order valence-corrected chi connectivity index (χ0v) is 10.5. The van der Waals surface area contributed by atoms with Crippen molar-refractivity contribution < 1.29 is 4.79 Å². The maximum atomic E-state index is 12.4. The first-order valence-electron chi connectivity index (χ1n) is 5.70. The van der Waals surface area contributed by atoms with E-state index in [0.717, 1.165) is 29.1 Å². The van der Waals surface area contributed by atoms with Gasteiger partial charge in [0, 0.05) is 12.2 Å². The van der Waals surface area contributed by atoms with Gasteiger partial charge in [0.15, 0.2) is 0 Å². The van der Waals surface area contributed by atoms with Gasteiger partial charge in [0.05, 0.1) is 4.88 Å². The maximum Gasteiger partial charge on any atom is 0.268 e. The SMILES string of the molecule is Cc1csc(C(=O)N2CCc3ccccc32)c1. The minimum atomic E-state index is 0.132. The average Bonchev–Trinajstić information content (AvgIpc) is 2.94. The first-order valence-corrected chi connectivity index (χ1v) is 6.58. The lowest BCUT2D eigenvalue weighted by molar-refractivity contribution is 0.0993. The molecule has 2 heterocycles. The standard InChI is InChI=1S/C14H13NOS/c1-10-8-13(17-9-10)14(16)15-7-6-11-4-2-3-5-12(11)15/h2-5,8-9H,6-7H2,1H3. The number of amides is 1. The summed E-state index contributed by atoms with van der Waals surface area (Å²) in [6.45, 7) is 2.82. The molecule has 0 aliphatic carbocycles. The summed E-state index contributed by atoms with van der Waals surface area (Å²) in [6.07, 6.45) is 0.965. The molecule has 0 saturated carbocycles. The number of anilines is 1. The Kier molecular flexibility index (Phi) is 2.48. The maximum absolute atomic E-state index is 12.4. The molecule has 0 atom stereocenters. The van der Waals surface area contributed by atoms with Crippen molar-refractivity contribution in [3.8, 4) is 0 Å². The summed E-state index contributed by atoms with van der Waals surface area (Å²) in [4.78, 5) is 15.1. The van der Waals surface area contributed by atoms with Gasteiger partial charge in [-0.05, 0) is 42.0 Å². The van der Waals surface area contributed by atoms with Gasteiger partial charge in [-0.25, -0.2) is 0 Å². The molecule has 0 spiro atoms. The normalized spacial score (nSPS) is 13.8. The van der Waals surface area contributed by atoms with Crippen LogP contribution in [0.3, 0.4) is 0 Å². The van der Waals surface area contributed by atoms with E-state index in [4.69, 9.17) is 0 Å². The molecular formula is C14H13NOS. The lowest BCUT2D eigenvalue weighted by Gasteiger charge is -2.15. The molecule has 1 amide bonds. The van der Waals surface area contributed by atoms with E-state index in [0.29, 0.717) is 0 Å². The average molecular weight is 243 g/mol. The molecule has 2 nitrogen and oxygen atoms in total. The van der Waals surface area contributed by atoms with Crippen LogP contribution in [-0.4, -0.2) is 12.5 Å². The van der Waals surface area contributed by atoms with Gasteiger partial charge in [0.25, 0.3) is 5.91 Å². The number of rotatable bonds is 1. The molecule has 1 aromatic heterocycles. The second kappa shape index (κ2) is 4.00. The van der Waals surface area contributed by atoms with Gasteiger partial charge < -0.3 is 4.90 Å². The molecule has 0 unspecified atom stereocenters. The Balaban J connectivity index is 1.95. The molecule has 17 heavy (non-hydrogen) atoms. The highest BCUT2D eigenvalue weighted by molar-refractivity contribution is 7.12. The van der Waals surface area contributed by atoms with Crippen molar-refractivity contribution >= 4 is 22.9 Å². The third kappa shape index (κ3) is 1.76. The topological polar surface area (TPSA) is 20.3 Å². The van der Waals surface area contributed by atoms with E-state index in [1.54, 1.807) is 0 Å². The molecule has 3 heteroatoms. The van der Waals surface area contributed by atoms with Crippen molar-refractivity contribution in [3.05, 3.63) is 51.7 Å². The van der Waals surface area contributed by atoms with Gasteiger partial charge in [-0.1, -0.05) is 18.2 Å². The quantitative estimate of drug-likeness (QED) is 0.753. The molecule has 0 fully saturated rings. The van der Waals surface area contributed by atoms with Crippen LogP contribution >= 0.6 is 11.3 Å². The zero-order valence-electron chi connectivity index (χ0n) is 9.64. The zero-order chi connectivity index (χ0) is 11.8. The first kappa shape index (κ1) is 10.5. The van der Waals surface area contributed by atoms with Crippen LogP contribution in [0.25, 0.3) is 0 Å². The number of benzene rings is 1. The largest absolute Gasteiger partial charge is 0.307 e. The number of carbonyl (C=O) groups excluding carboxylic acids is 1. The number of hydrogen-bond donors (Lipinski definition) is 0. The minimum Gasteiger partial charge on any atom is -0.307 e. The van der Waals surface area contributed by atoms with Crippen LogP contribution in [0.4, 0.5) is 5.69 Å². The molecule has 1 aliphatic heterocycles. The number of thiophene rings is 1. The molecule has 3 rings (SSSR count). The van der Waals surface area contributed by atoms with E-state index in [-0.39, 0.29) is 5.91 Å². The van der Waals surface area contributed by atoms with Crippen molar-refractivity contribution in [2.75, 3.05) is 11.4 Å². The van der Waals surface area contributed by atoms with Crippen molar-refractivity contribution in [1.82, 2.24) is 0 Å². The van der Waals surface area contributed by atoms with E-state index in [1.165, 1.54) is 16.9 Å². The Labute approximate surface area is 105 Å². The number of aryl methyl sites for hydroxylation is 1. The summed E-state index contributed by atoms with van der Waals surface area (Å²) >= 11 is 1.53. The Hall–Kier alpha value is -1.61. The van der Waals surface area contributed by atoms with Crippen LogP contribution in [0.5, 0.6) is 0 Å². The Morgan fingerprint density at radius 3 is 2.94 bits per heavy atom. The smallest absolute Gasteiger partial charge is 0.268 e. The summed E-state index contributed by atoms with van der Waals surface area (Å²) in [7, 11) is 0. The third-order valence-electron chi connectivity index (χ3n) is 3.07. The molecular weight excluding hydrogens is 230 g/mol. The van der Waals surface area contributed by atoms with Crippen LogP contribution in [0.2, 0.25) is 0 Å². The van der Waals surface area contributed by atoms with E-state index in [1.807, 2.05) is 41.5 Å². The summed E-state index contributed by atoms with van der Waals surface area (Å²) in [5.74, 6) is 0.132. The van der Waals surface area contributed by atoms with Gasteiger partial charge in [0.2, 0.25) is 0 Å². The van der Waals surface area contributed by atoms with Gasteiger partial charge in [0.1, 0.15) is 0 Å². The van der Waals surface area contributed by atoms with E-state index in [9.17, 15) is 4.79 Å². The van der Waals surface area contributed by atoms with Gasteiger partial charge in [-0.2, -0.15) is 0 Å². The Morgan fingerprint density at radius 1 is 1.35 bits per heavy atom. The molecule has 1 aliphatic rings. The Bertz CT molecular complexity index is 573. The summed E-state index contributed by atoms with van der Waals surface area (Å²) in [5, 5.41) is 2.02. The third-order valence-corrected chi connectivity index (χ3v) is 4.11. The molecule has 2 aromatic rings.